The van der Waals surface area contributed by atoms with Crippen molar-refractivity contribution in [1.82, 2.24) is 9.55 Å². The van der Waals surface area contributed by atoms with Gasteiger partial charge in [0.2, 0.25) is 0 Å². The molecule has 5 nitrogen and oxygen atoms in total. The number of carbonyl (C=O) groups is 1. The molecule has 84 valence electrons. The Kier molecular flexibility index (Phi) is 2.30. The summed E-state index contributed by atoms with van der Waals surface area (Å²) in [5.74, 6) is -0.993. The molecule has 0 saturated heterocycles. The number of nitrogens with two attached hydrogens (primary N) is 1. The second-order valence-electron chi connectivity index (χ2n) is 3.98. The summed E-state index contributed by atoms with van der Waals surface area (Å²) in [4.78, 5) is 15.0. The highest BCUT2D eigenvalue weighted by atomic mass is 16.4. The van der Waals surface area contributed by atoms with Gasteiger partial charge >= 0.3 is 5.97 Å². The molecule has 1 aromatic heterocycles. The third-order valence-electron chi connectivity index (χ3n) is 2.50. The first kappa shape index (κ1) is 10.5. The fourth-order valence-electron chi connectivity index (χ4n) is 1.72. The molecule has 0 unspecified atom stereocenters. The van der Waals surface area contributed by atoms with Gasteiger partial charge in [-0.25, -0.2) is 9.78 Å². The zero-order chi connectivity index (χ0) is 11.9. The molecular formula is C11H13N3O2. The van der Waals surface area contributed by atoms with Crippen LogP contribution in [0.4, 0.5) is 5.69 Å². The van der Waals surface area contributed by atoms with Gasteiger partial charge in [-0.15, -0.1) is 0 Å². The number of aromatic nitrogens is 2. The number of hydrogen-bond donors (Lipinski definition) is 2. The Hall–Kier alpha value is -2.04. The summed E-state index contributed by atoms with van der Waals surface area (Å²) in [7, 11) is 0. The van der Waals surface area contributed by atoms with Gasteiger partial charge in [-0.05, 0) is 26.0 Å². The summed E-state index contributed by atoms with van der Waals surface area (Å²) < 4.78 is 1.93. The van der Waals surface area contributed by atoms with Gasteiger partial charge in [-0.1, -0.05) is 0 Å². The van der Waals surface area contributed by atoms with Crippen LogP contribution >= 0.6 is 0 Å². The molecular weight excluding hydrogens is 206 g/mol. The first-order valence-corrected chi connectivity index (χ1v) is 5.00. The van der Waals surface area contributed by atoms with Crippen LogP contribution in [-0.4, -0.2) is 20.6 Å². The van der Waals surface area contributed by atoms with Crippen LogP contribution in [0.3, 0.4) is 0 Å². The molecule has 0 aliphatic heterocycles. The normalized spacial score (nSPS) is 11.2. The van der Waals surface area contributed by atoms with Crippen LogP contribution in [-0.2, 0) is 0 Å². The molecule has 0 aliphatic rings. The molecule has 3 N–H and O–H groups in total. The lowest BCUT2D eigenvalue weighted by atomic mass is 10.1. The van der Waals surface area contributed by atoms with Crippen LogP contribution in [0.5, 0.6) is 0 Å². The number of nitrogens with zero attached hydrogens (tertiary/aromatic N) is 2. The highest BCUT2D eigenvalue weighted by Crippen LogP contribution is 2.25. The van der Waals surface area contributed by atoms with E-state index in [0.29, 0.717) is 11.2 Å². The van der Waals surface area contributed by atoms with E-state index in [2.05, 4.69) is 4.98 Å². The minimum Gasteiger partial charge on any atom is -0.478 e. The van der Waals surface area contributed by atoms with Crippen molar-refractivity contribution in [3.8, 4) is 0 Å². The highest BCUT2D eigenvalue weighted by molar-refractivity contribution is 5.97. The summed E-state index contributed by atoms with van der Waals surface area (Å²) in [5.41, 5.74) is 7.87. The van der Waals surface area contributed by atoms with E-state index in [4.69, 9.17) is 10.8 Å². The molecule has 0 radical (unpaired) electrons. The maximum atomic E-state index is 10.8. The molecule has 0 saturated carbocycles. The lowest BCUT2D eigenvalue weighted by Gasteiger charge is -2.09. The van der Waals surface area contributed by atoms with Crippen molar-refractivity contribution >= 4 is 22.7 Å². The van der Waals surface area contributed by atoms with Crippen molar-refractivity contribution in [3.05, 3.63) is 24.0 Å². The zero-order valence-electron chi connectivity index (χ0n) is 9.14. The Labute approximate surface area is 92.5 Å². The summed E-state index contributed by atoms with van der Waals surface area (Å²) in [6.07, 6.45) is 1.68. The Bertz CT molecular complexity index is 558. The van der Waals surface area contributed by atoms with Gasteiger partial charge < -0.3 is 15.4 Å². The van der Waals surface area contributed by atoms with Crippen LogP contribution in [0.15, 0.2) is 18.5 Å². The number of carboxylic acids is 1. The van der Waals surface area contributed by atoms with Crippen molar-refractivity contribution in [2.75, 3.05) is 5.73 Å². The van der Waals surface area contributed by atoms with E-state index in [1.54, 1.807) is 6.33 Å². The number of fused-ring (bicyclic) bond motifs is 1. The van der Waals surface area contributed by atoms with Gasteiger partial charge in [0, 0.05) is 6.04 Å². The van der Waals surface area contributed by atoms with Gasteiger partial charge in [0.1, 0.15) is 0 Å². The molecule has 2 rings (SSSR count). The maximum absolute atomic E-state index is 10.8. The van der Waals surface area contributed by atoms with Crippen LogP contribution < -0.4 is 5.73 Å². The summed E-state index contributed by atoms with van der Waals surface area (Å²) in [5, 5.41) is 8.89. The molecule has 0 fully saturated rings. The van der Waals surface area contributed by atoms with E-state index in [0.717, 1.165) is 5.52 Å². The average Bonchev–Trinajstić information content (AvgIpc) is 2.61. The van der Waals surface area contributed by atoms with E-state index in [1.807, 2.05) is 18.4 Å². The number of nitrogen functional groups attached to an aromatic ring is 1. The first-order valence-electron chi connectivity index (χ1n) is 5.00. The number of imidazole rings is 1. The molecule has 1 heterocycles. The predicted molar refractivity (Wildman–Crippen MR) is 61.5 cm³/mol. The van der Waals surface area contributed by atoms with Crippen LogP contribution in [0.25, 0.3) is 11.0 Å². The van der Waals surface area contributed by atoms with Crippen molar-refractivity contribution in [3.63, 3.8) is 0 Å². The van der Waals surface area contributed by atoms with Crippen molar-refractivity contribution in [2.45, 2.75) is 19.9 Å². The molecule has 5 heteroatoms. The van der Waals surface area contributed by atoms with Crippen molar-refractivity contribution in [1.29, 1.82) is 0 Å². The smallest absolute Gasteiger partial charge is 0.335 e. The molecule has 16 heavy (non-hydrogen) atoms. The molecule has 0 aliphatic carbocycles. The molecule has 0 bridgehead atoms. The Balaban J connectivity index is 2.73. The fourth-order valence-corrected chi connectivity index (χ4v) is 1.72. The summed E-state index contributed by atoms with van der Waals surface area (Å²) in [6, 6.07) is 3.24. The molecule has 0 spiro atoms. The fraction of sp³-hybridized carbons (Fsp3) is 0.273. The lowest BCUT2D eigenvalue weighted by molar-refractivity contribution is 0.0697. The second kappa shape index (κ2) is 3.52. The van der Waals surface area contributed by atoms with Gasteiger partial charge in [0.25, 0.3) is 0 Å². The van der Waals surface area contributed by atoms with E-state index >= 15 is 0 Å². The number of benzene rings is 1. The van der Waals surface area contributed by atoms with Gasteiger partial charge in [-0.3, -0.25) is 0 Å². The Morgan fingerprint density at radius 1 is 1.50 bits per heavy atom. The van der Waals surface area contributed by atoms with E-state index in [1.165, 1.54) is 12.1 Å². The van der Waals surface area contributed by atoms with E-state index in [-0.39, 0.29) is 11.6 Å². The maximum Gasteiger partial charge on any atom is 0.335 e. The van der Waals surface area contributed by atoms with E-state index < -0.39 is 5.97 Å². The Morgan fingerprint density at radius 3 is 2.75 bits per heavy atom. The van der Waals surface area contributed by atoms with Crippen LogP contribution in [0.2, 0.25) is 0 Å². The van der Waals surface area contributed by atoms with E-state index in [9.17, 15) is 4.79 Å². The number of hydrogen-bond acceptors (Lipinski definition) is 3. The molecule has 0 amide bonds. The predicted octanol–water partition coefficient (Wildman–Crippen LogP) is 1.90. The minimum absolute atomic E-state index is 0.166. The monoisotopic (exact) mass is 219 g/mol. The van der Waals surface area contributed by atoms with Gasteiger partial charge in [0.15, 0.2) is 0 Å². The standard InChI is InChI=1S/C11H13N3O2/c1-6(2)14-5-13-9-4-7(11(15)16)3-8(12)10(9)14/h3-6H,12H2,1-2H3,(H,15,16). The number of rotatable bonds is 2. The number of aromatic carboxylic acids is 1. The SMILES string of the molecule is CC(C)n1cnc2cc(C(=O)O)cc(N)c21. The third kappa shape index (κ3) is 1.50. The minimum atomic E-state index is -0.993. The quantitative estimate of drug-likeness (QED) is 0.756. The highest BCUT2D eigenvalue weighted by Gasteiger charge is 2.12. The number of anilines is 1. The summed E-state index contributed by atoms with van der Waals surface area (Å²) >= 11 is 0. The number of carboxylic acid groups (broad SMARTS) is 1. The summed E-state index contributed by atoms with van der Waals surface area (Å²) in [6.45, 7) is 4.04. The van der Waals surface area contributed by atoms with Gasteiger partial charge in [-0.2, -0.15) is 0 Å². The van der Waals surface area contributed by atoms with Gasteiger partial charge in [0.05, 0.1) is 28.6 Å². The third-order valence-corrected chi connectivity index (χ3v) is 2.50. The van der Waals surface area contributed by atoms with Crippen LogP contribution in [0.1, 0.15) is 30.2 Å². The van der Waals surface area contributed by atoms with Crippen LogP contribution in [0, 0.1) is 0 Å². The van der Waals surface area contributed by atoms with Crippen molar-refractivity contribution < 1.29 is 9.90 Å². The topological polar surface area (TPSA) is 81.1 Å². The molecule has 0 atom stereocenters. The average molecular weight is 219 g/mol. The molecule has 2 aromatic rings. The molecule has 1 aromatic carbocycles. The zero-order valence-corrected chi connectivity index (χ0v) is 9.14. The van der Waals surface area contributed by atoms with Crippen molar-refractivity contribution in [2.24, 2.45) is 0 Å². The lowest BCUT2D eigenvalue weighted by Crippen LogP contribution is -2.03. The second-order valence-corrected chi connectivity index (χ2v) is 3.98. The Morgan fingerprint density at radius 2 is 2.19 bits per heavy atom. The first-order chi connectivity index (χ1) is 7.50. The largest absolute Gasteiger partial charge is 0.478 e.